The normalized spacial score (nSPS) is 15.5. The first-order valence-electron chi connectivity index (χ1n) is 24.8. The number of rotatable bonds is 8. The van der Waals surface area contributed by atoms with Gasteiger partial charge in [0.15, 0.2) is 0 Å². The lowest BCUT2D eigenvalue weighted by Gasteiger charge is -2.17. The van der Waals surface area contributed by atoms with Crippen molar-refractivity contribution >= 4 is 32.8 Å². The molecule has 0 saturated carbocycles. The van der Waals surface area contributed by atoms with Gasteiger partial charge >= 0.3 is 0 Å². The predicted molar refractivity (Wildman–Crippen MR) is 223 cm³/mol. The van der Waals surface area contributed by atoms with E-state index in [-0.39, 0.29) is 45.4 Å². The van der Waals surface area contributed by atoms with Crippen LogP contribution >= 0.6 is 0 Å². The van der Waals surface area contributed by atoms with Crippen LogP contribution in [0.4, 0.5) is 0 Å². The Morgan fingerprint density at radius 2 is 1.35 bits per heavy atom. The molecule has 0 N–H and O–H groups in total. The fourth-order valence-electron chi connectivity index (χ4n) is 6.98. The van der Waals surface area contributed by atoms with Gasteiger partial charge in [-0.25, -0.2) is 4.98 Å². The summed E-state index contributed by atoms with van der Waals surface area (Å²) in [6, 6.07) is 25.4. The maximum atomic E-state index is 9.07. The molecule has 5 heteroatoms. The highest BCUT2D eigenvalue weighted by Crippen LogP contribution is 2.37. The van der Waals surface area contributed by atoms with Crippen molar-refractivity contribution < 1.29 is 29.9 Å². The molecule has 0 spiro atoms. The van der Waals surface area contributed by atoms with Gasteiger partial charge in [-0.1, -0.05) is 134 Å². The van der Waals surface area contributed by atoms with Crippen molar-refractivity contribution in [1.82, 2.24) is 14.1 Å². The summed E-state index contributed by atoms with van der Waals surface area (Å²) < 4.78 is 141. The molecular formula is C50H36N4O. The highest BCUT2D eigenvalue weighted by atomic mass is 16.5. The SMILES string of the molecule is [2H]c1nc(-n2c3ccccc3c3ccc(Oc4cccc(-n5[c-][n+](-c6c(-c7c([2H])c([2H])c([2H])c([2H])c7[2H])cccc6-c6c([2H])c([2H])c([2H])c([2H])c6[2H])c6ccccc65)c4)cc32)c([2H])c(C([2H])([2H])C)c1[2H]. The third-order valence-corrected chi connectivity index (χ3v) is 9.36. The lowest BCUT2D eigenvalue weighted by atomic mass is 9.95. The molecule has 0 atom stereocenters. The first-order chi connectivity index (χ1) is 33.3. The Labute approximate surface area is 340 Å². The Hall–Kier alpha value is -7.24. The van der Waals surface area contributed by atoms with Crippen molar-refractivity contribution in [3.63, 3.8) is 0 Å². The number of para-hydroxylation sites is 4. The van der Waals surface area contributed by atoms with Gasteiger partial charge in [-0.2, -0.15) is 0 Å². The zero-order valence-corrected chi connectivity index (χ0v) is 29.1. The molecule has 0 aliphatic rings. The van der Waals surface area contributed by atoms with E-state index < -0.39 is 79.0 Å². The molecule has 7 aromatic carbocycles. The summed E-state index contributed by atoms with van der Waals surface area (Å²) in [5, 5.41) is 1.58. The van der Waals surface area contributed by atoms with Crippen LogP contribution in [-0.4, -0.2) is 14.1 Å². The summed E-state index contributed by atoms with van der Waals surface area (Å²) in [5.74, 6) is 0.740. The number of pyridine rings is 1. The van der Waals surface area contributed by atoms with E-state index in [9.17, 15) is 0 Å². The highest BCUT2D eigenvalue weighted by molar-refractivity contribution is 6.09. The van der Waals surface area contributed by atoms with E-state index in [1.165, 1.54) is 13.0 Å². The average molecular weight is 724 g/mol. The molecule has 3 heterocycles. The molecule has 55 heavy (non-hydrogen) atoms. The molecule has 5 nitrogen and oxygen atoms in total. The molecule has 0 unspecified atom stereocenters. The molecular weight excluding hydrogens is 673 g/mol. The number of hydrogen-bond acceptors (Lipinski definition) is 2. The zero-order chi connectivity index (χ0) is 49.8. The topological polar surface area (TPSA) is 35.9 Å². The molecule has 10 rings (SSSR count). The molecule has 0 amide bonds. The summed E-state index contributed by atoms with van der Waals surface area (Å²) in [5.41, 5.74) is 2.57. The Bertz CT molecular complexity index is 3720. The first kappa shape index (κ1) is 20.3. The fraction of sp³-hybridized carbons (Fsp3) is 0.0400. The highest BCUT2D eigenvalue weighted by Gasteiger charge is 2.20. The quantitative estimate of drug-likeness (QED) is 0.116. The molecule has 0 aliphatic carbocycles. The minimum atomic E-state index is -2.11. The van der Waals surface area contributed by atoms with Crippen molar-refractivity contribution in [2.75, 3.05) is 0 Å². The maximum absolute atomic E-state index is 9.07. The van der Waals surface area contributed by atoms with Gasteiger partial charge in [0.25, 0.3) is 6.33 Å². The molecule has 0 fully saturated rings. The molecule has 262 valence electrons. The van der Waals surface area contributed by atoms with Crippen LogP contribution in [0.2, 0.25) is 0 Å². The monoisotopic (exact) mass is 723 g/mol. The van der Waals surface area contributed by atoms with Crippen molar-refractivity contribution in [3.05, 3.63) is 200 Å². The summed E-state index contributed by atoms with van der Waals surface area (Å²) in [4.78, 5) is 4.33. The van der Waals surface area contributed by atoms with Crippen molar-refractivity contribution in [3.8, 4) is 50.9 Å². The third kappa shape index (κ3) is 5.74. The van der Waals surface area contributed by atoms with Crippen LogP contribution in [0.1, 0.15) is 33.0 Å². The van der Waals surface area contributed by atoms with Gasteiger partial charge in [-0.3, -0.25) is 13.7 Å². The van der Waals surface area contributed by atoms with Gasteiger partial charge < -0.3 is 4.74 Å². The summed E-state index contributed by atoms with van der Waals surface area (Å²) >= 11 is 0. The van der Waals surface area contributed by atoms with Gasteiger partial charge in [-0.15, -0.1) is 0 Å². The molecule has 0 bridgehead atoms. The second kappa shape index (κ2) is 13.6. The molecule has 0 saturated heterocycles. The standard InChI is InChI=1S/C50H36N4O/c1-2-35-29-30-51-49(31-35)54-45-24-10-9-21-43(45)44-28-27-40(33-48(44)54)55-39-20-13-19-38(32-39)52-34-53(47-26-12-11-25-46(47)52)50-41(36-15-5-3-6-16-36)22-14-23-42(50)37-17-7-4-8-18-37/h3-33H,2H2,1H3/i2D2,3D,4D,5D,6D,7D,8D,15D,16D,17D,18D,29D,30D,31D. The minimum absolute atomic E-state index is 0.0155. The van der Waals surface area contributed by atoms with E-state index in [2.05, 4.69) is 11.3 Å². The largest absolute Gasteiger partial charge is 0.458 e. The van der Waals surface area contributed by atoms with Gasteiger partial charge in [0, 0.05) is 25.8 Å². The Kier molecular flexibility index (Phi) is 5.03. The lowest BCUT2D eigenvalue weighted by molar-refractivity contribution is -0.571. The Balaban J connectivity index is 1.15. The van der Waals surface area contributed by atoms with Crippen molar-refractivity contribution in [2.24, 2.45) is 0 Å². The van der Waals surface area contributed by atoms with Crippen LogP contribution in [0.5, 0.6) is 11.5 Å². The van der Waals surface area contributed by atoms with Crippen LogP contribution in [0.3, 0.4) is 0 Å². The second-order valence-corrected chi connectivity index (χ2v) is 12.5. The van der Waals surface area contributed by atoms with E-state index in [1.54, 1.807) is 80.4 Å². The van der Waals surface area contributed by atoms with Crippen LogP contribution in [0, 0.1) is 6.33 Å². The molecule has 3 aromatic heterocycles. The van der Waals surface area contributed by atoms with E-state index >= 15 is 0 Å². The third-order valence-electron chi connectivity index (χ3n) is 9.36. The second-order valence-electron chi connectivity index (χ2n) is 12.5. The van der Waals surface area contributed by atoms with E-state index in [1.807, 2.05) is 36.4 Å². The van der Waals surface area contributed by atoms with Crippen LogP contribution in [-0.2, 0) is 6.37 Å². The van der Waals surface area contributed by atoms with Crippen LogP contribution in [0.25, 0.3) is 72.3 Å². The van der Waals surface area contributed by atoms with Crippen LogP contribution in [0.15, 0.2) is 188 Å². The van der Waals surface area contributed by atoms with Gasteiger partial charge in [0.05, 0.1) is 51.3 Å². The van der Waals surface area contributed by atoms with E-state index in [4.69, 9.17) is 25.3 Å². The fourth-order valence-corrected chi connectivity index (χ4v) is 6.98. The van der Waals surface area contributed by atoms with Crippen molar-refractivity contribution in [2.45, 2.75) is 13.3 Å². The lowest BCUT2D eigenvalue weighted by Crippen LogP contribution is -2.31. The van der Waals surface area contributed by atoms with Crippen molar-refractivity contribution in [1.29, 1.82) is 0 Å². The van der Waals surface area contributed by atoms with E-state index in [0.717, 1.165) is 10.8 Å². The number of fused-ring (bicyclic) bond motifs is 4. The molecule has 0 radical (unpaired) electrons. The molecule has 10 aromatic rings. The van der Waals surface area contributed by atoms with Crippen LogP contribution < -0.4 is 9.30 Å². The van der Waals surface area contributed by atoms with E-state index in [0.29, 0.717) is 39.3 Å². The maximum Gasteiger partial charge on any atom is 0.269 e. The van der Waals surface area contributed by atoms with Gasteiger partial charge in [-0.05, 0) is 82.7 Å². The first-order valence-corrected chi connectivity index (χ1v) is 17.3. The predicted octanol–water partition coefficient (Wildman–Crippen LogP) is 11.9. The Morgan fingerprint density at radius 3 is 2.11 bits per heavy atom. The minimum Gasteiger partial charge on any atom is -0.458 e. The van der Waals surface area contributed by atoms with Gasteiger partial charge in [0.1, 0.15) is 17.3 Å². The number of hydrogen-bond donors (Lipinski definition) is 0. The number of ether oxygens (including phenoxy) is 1. The number of imidazole rings is 1. The molecule has 0 aliphatic heterocycles. The number of nitrogens with zero attached hydrogens (tertiary/aromatic N) is 4. The summed E-state index contributed by atoms with van der Waals surface area (Å²) in [6.45, 7) is 1.24. The summed E-state index contributed by atoms with van der Waals surface area (Å²) in [7, 11) is 0. The average Bonchev–Trinajstić information content (AvgIpc) is 3.88. The zero-order valence-electron chi connectivity index (χ0n) is 44.1. The number of benzene rings is 7. The smallest absolute Gasteiger partial charge is 0.269 e. The number of aromatic nitrogens is 4. The summed E-state index contributed by atoms with van der Waals surface area (Å²) in [6.07, 6.45) is 0.793. The Morgan fingerprint density at radius 1 is 0.673 bits per heavy atom. The van der Waals surface area contributed by atoms with Gasteiger partial charge in [0.2, 0.25) is 0 Å².